The fourth-order valence-corrected chi connectivity index (χ4v) is 2.79. The van der Waals surface area contributed by atoms with Crippen LogP contribution in [0.25, 0.3) is 0 Å². The first-order chi connectivity index (χ1) is 10.5. The number of amides is 1. The molecule has 7 nitrogen and oxygen atoms in total. The maximum atomic E-state index is 12.2. The van der Waals surface area contributed by atoms with Gasteiger partial charge in [-0.15, -0.1) is 0 Å². The second kappa shape index (κ2) is 7.40. The average Bonchev–Trinajstić information content (AvgIpc) is 2.49. The van der Waals surface area contributed by atoms with Crippen molar-refractivity contribution in [1.29, 1.82) is 0 Å². The summed E-state index contributed by atoms with van der Waals surface area (Å²) in [6, 6.07) is 1.54. The van der Waals surface area contributed by atoms with Crippen LogP contribution in [0, 0.1) is 10.1 Å². The Morgan fingerprint density at radius 1 is 1.59 bits per heavy atom. The van der Waals surface area contributed by atoms with Gasteiger partial charge in [0.05, 0.1) is 9.95 Å². The molecule has 120 valence electrons. The number of piperidine rings is 1. The molecule has 0 bridgehead atoms. The fourth-order valence-electron chi connectivity index (χ4n) is 2.56. The molecule has 0 unspecified atom stereocenters. The number of carbonyl (C=O) groups is 1. The molecule has 1 aliphatic heterocycles. The molecule has 0 aromatic carbocycles. The SMILES string of the molecule is C[C@@H]1CCCCN1C(=O)CCNc1ncc([N+](=O)[O-])cc1Cl. The number of pyridine rings is 1. The largest absolute Gasteiger partial charge is 0.368 e. The summed E-state index contributed by atoms with van der Waals surface area (Å²) in [5.74, 6) is 0.462. The maximum absolute atomic E-state index is 12.2. The Balaban J connectivity index is 1.85. The van der Waals surface area contributed by atoms with Gasteiger partial charge in [0.25, 0.3) is 5.69 Å². The Morgan fingerprint density at radius 2 is 2.36 bits per heavy atom. The van der Waals surface area contributed by atoms with E-state index in [0.717, 1.165) is 25.6 Å². The minimum atomic E-state index is -0.552. The quantitative estimate of drug-likeness (QED) is 0.664. The van der Waals surface area contributed by atoms with E-state index in [1.807, 2.05) is 4.90 Å². The summed E-state index contributed by atoms with van der Waals surface area (Å²) < 4.78 is 0. The van der Waals surface area contributed by atoms with E-state index >= 15 is 0 Å². The van der Waals surface area contributed by atoms with Gasteiger partial charge in [-0.1, -0.05) is 11.6 Å². The number of halogens is 1. The van der Waals surface area contributed by atoms with Gasteiger partial charge in [-0.05, 0) is 26.2 Å². The van der Waals surface area contributed by atoms with Crippen molar-refractivity contribution in [2.45, 2.75) is 38.6 Å². The molecular weight excluding hydrogens is 308 g/mol. The molecule has 1 amide bonds. The van der Waals surface area contributed by atoms with Crippen LogP contribution >= 0.6 is 11.6 Å². The lowest BCUT2D eigenvalue weighted by molar-refractivity contribution is -0.385. The molecule has 1 saturated heterocycles. The Hall–Kier alpha value is -1.89. The van der Waals surface area contributed by atoms with Crippen LogP contribution in [-0.2, 0) is 4.79 Å². The van der Waals surface area contributed by atoms with Crippen molar-refractivity contribution in [3.63, 3.8) is 0 Å². The van der Waals surface area contributed by atoms with Gasteiger partial charge in [-0.25, -0.2) is 4.98 Å². The lowest BCUT2D eigenvalue weighted by Gasteiger charge is -2.33. The molecule has 22 heavy (non-hydrogen) atoms. The third-order valence-corrected chi connectivity index (χ3v) is 4.08. The minimum absolute atomic E-state index is 0.109. The van der Waals surface area contributed by atoms with Crippen LogP contribution in [0.3, 0.4) is 0 Å². The molecule has 1 aliphatic rings. The van der Waals surface area contributed by atoms with Gasteiger partial charge in [-0.2, -0.15) is 0 Å². The highest BCUT2D eigenvalue weighted by atomic mass is 35.5. The maximum Gasteiger partial charge on any atom is 0.289 e. The number of nitrogens with one attached hydrogen (secondary N) is 1. The lowest BCUT2D eigenvalue weighted by atomic mass is 10.0. The zero-order chi connectivity index (χ0) is 16.1. The third kappa shape index (κ3) is 4.07. The minimum Gasteiger partial charge on any atom is -0.368 e. The van der Waals surface area contributed by atoms with Crippen LogP contribution in [0.1, 0.15) is 32.6 Å². The molecule has 2 heterocycles. The van der Waals surface area contributed by atoms with Crippen molar-refractivity contribution >= 4 is 29.0 Å². The predicted molar refractivity (Wildman–Crippen MR) is 84.0 cm³/mol. The normalized spacial score (nSPS) is 18.1. The van der Waals surface area contributed by atoms with E-state index in [2.05, 4.69) is 17.2 Å². The molecule has 1 fully saturated rings. The first kappa shape index (κ1) is 16.5. The van der Waals surface area contributed by atoms with E-state index in [1.54, 1.807) is 0 Å². The van der Waals surface area contributed by atoms with Crippen LogP contribution in [0.15, 0.2) is 12.3 Å². The zero-order valence-corrected chi connectivity index (χ0v) is 13.2. The topological polar surface area (TPSA) is 88.4 Å². The van der Waals surface area contributed by atoms with Crippen molar-refractivity contribution in [2.75, 3.05) is 18.4 Å². The number of rotatable bonds is 5. The van der Waals surface area contributed by atoms with Gasteiger partial charge in [-0.3, -0.25) is 14.9 Å². The van der Waals surface area contributed by atoms with Crippen molar-refractivity contribution in [3.8, 4) is 0 Å². The number of likely N-dealkylation sites (tertiary alicyclic amines) is 1. The number of hydrogen-bond acceptors (Lipinski definition) is 5. The number of aromatic nitrogens is 1. The van der Waals surface area contributed by atoms with Crippen LogP contribution in [0.4, 0.5) is 11.5 Å². The molecule has 1 N–H and O–H groups in total. The van der Waals surface area contributed by atoms with E-state index in [0.29, 0.717) is 24.8 Å². The van der Waals surface area contributed by atoms with E-state index in [4.69, 9.17) is 11.6 Å². The fraction of sp³-hybridized carbons (Fsp3) is 0.571. The van der Waals surface area contributed by atoms with E-state index in [1.165, 1.54) is 12.5 Å². The highest BCUT2D eigenvalue weighted by Gasteiger charge is 2.22. The summed E-state index contributed by atoms with van der Waals surface area (Å²) in [6.07, 6.45) is 4.77. The number of carbonyl (C=O) groups excluding carboxylic acids is 1. The third-order valence-electron chi connectivity index (χ3n) is 3.79. The molecular formula is C14H19ClN4O3. The first-order valence-corrected chi connectivity index (χ1v) is 7.70. The number of nitro groups is 1. The second-order valence-electron chi connectivity index (χ2n) is 5.39. The van der Waals surface area contributed by atoms with Gasteiger partial charge in [0.15, 0.2) is 0 Å². The zero-order valence-electron chi connectivity index (χ0n) is 12.4. The monoisotopic (exact) mass is 326 g/mol. The van der Waals surface area contributed by atoms with Crippen molar-refractivity contribution in [3.05, 3.63) is 27.4 Å². The molecule has 0 saturated carbocycles. The van der Waals surface area contributed by atoms with Gasteiger partial charge in [0.2, 0.25) is 5.91 Å². The van der Waals surface area contributed by atoms with E-state index < -0.39 is 4.92 Å². The molecule has 0 aliphatic carbocycles. The highest BCUT2D eigenvalue weighted by molar-refractivity contribution is 6.33. The van der Waals surface area contributed by atoms with E-state index in [9.17, 15) is 14.9 Å². The van der Waals surface area contributed by atoms with Gasteiger partial charge in [0, 0.05) is 31.6 Å². The molecule has 1 atom stereocenters. The summed E-state index contributed by atoms with van der Waals surface area (Å²) >= 11 is 5.94. The van der Waals surface area contributed by atoms with Crippen molar-refractivity contribution < 1.29 is 9.72 Å². The smallest absolute Gasteiger partial charge is 0.289 e. The van der Waals surface area contributed by atoms with Crippen LogP contribution in [0.5, 0.6) is 0 Å². The highest BCUT2D eigenvalue weighted by Crippen LogP contribution is 2.24. The summed E-state index contributed by atoms with van der Waals surface area (Å²) in [7, 11) is 0. The molecule has 0 radical (unpaired) electrons. The van der Waals surface area contributed by atoms with Gasteiger partial charge >= 0.3 is 0 Å². The summed E-state index contributed by atoms with van der Waals surface area (Å²) in [5.41, 5.74) is -0.159. The Bertz CT molecular complexity index is 567. The van der Waals surface area contributed by atoms with E-state index in [-0.39, 0.29) is 16.6 Å². The van der Waals surface area contributed by atoms with Crippen molar-refractivity contribution in [2.24, 2.45) is 0 Å². The molecule has 8 heteroatoms. The van der Waals surface area contributed by atoms with Crippen LogP contribution in [0.2, 0.25) is 5.02 Å². The van der Waals surface area contributed by atoms with Gasteiger partial charge < -0.3 is 10.2 Å². The van der Waals surface area contributed by atoms with Crippen LogP contribution in [-0.4, -0.2) is 39.8 Å². The number of hydrogen-bond donors (Lipinski definition) is 1. The van der Waals surface area contributed by atoms with Crippen molar-refractivity contribution in [1.82, 2.24) is 9.88 Å². The molecule has 2 rings (SSSR count). The predicted octanol–water partition coefficient (Wildman–Crippen LogP) is 2.85. The Labute approximate surface area is 133 Å². The molecule has 0 spiro atoms. The molecule has 1 aromatic rings. The van der Waals surface area contributed by atoms with Crippen LogP contribution < -0.4 is 5.32 Å². The average molecular weight is 327 g/mol. The lowest BCUT2D eigenvalue weighted by Crippen LogP contribution is -2.42. The molecule has 1 aromatic heterocycles. The Morgan fingerprint density at radius 3 is 3.00 bits per heavy atom. The summed E-state index contributed by atoms with van der Waals surface area (Å²) in [5, 5.41) is 13.7. The second-order valence-corrected chi connectivity index (χ2v) is 5.80. The standard InChI is InChI=1S/C14H19ClN4O3/c1-10-4-2-3-7-18(10)13(20)5-6-16-14-12(15)8-11(9-17-14)19(21)22/h8-10H,2-7H2,1H3,(H,16,17)/t10-/m1/s1. The van der Waals surface area contributed by atoms with Gasteiger partial charge in [0.1, 0.15) is 12.0 Å². The summed E-state index contributed by atoms with van der Waals surface area (Å²) in [6.45, 7) is 3.28. The summed E-state index contributed by atoms with van der Waals surface area (Å²) in [4.78, 5) is 28.1. The first-order valence-electron chi connectivity index (χ1n) is 7.32. The number of nitrogens with zero attached hydrogens (tertiary/aromatic N) is 3. The Kier molecular flexibility index (Phi) is 5.54. The number of anilines is 1.